The van der Waals surface area contributed by atoms with Crippen LogP contribution in [-0.2, 0) is 24.4 Å². The van der Waals surface area contributed by atoms with E-state index in [0.29, 0.717) is 50.0 Å². The molecule has 2 atom stereocenters. The fraction of sp³-hybridized carbons (Fsp3) is 0.357. The molecule has 0 aliphatic carbocycles. The lowest BCUT2D eigenvalue weighted by Gasteiger charge is -2.42. The molecule has 196 valence electrons. The Balaban J connectivity index is 1.54. The molecule has 0 aromatic heterocycles. The molecule has 2 unspecified atom stereocenters. The van der Waals surface area contributed by atoms with Gasteiger partial charge in [0.05, 0.1) is 5.30 Å². The molecular weight excluding hydrogens is 505 g/mol. The van der Waals surface area contributed by atoms with E-state index < -0.39 is 22.1 Å². The Morgan fingerprint density at radius 3 is 2.14 bits per heavy atom. The van der Waals surface area contributed by atoms with Gasteiger partial charge in [-0.1, -0.05) is 54.6 Å². The number of benzene rings is 3. The highest BCUT2D eigenvalue weighted by Crippen LogP contribution is 2.59. The zero-order valence-corrected chi connectivity index (χ0v) is 23.5. The molecule has 2 aliphatic heterocycles. The first-order valence-corrected chi connectivity index (χ1v) is 16.5. The molecule has 3 aromatic rings. The zero-order valence-electron chi connectivity index (χ0n) is 21.6. The Morgan fingerprint density at radius 1 is 0.838 bits per heavy atom. The van der Waals surface area contributed by atoms with Crippen LogP contribution in [0.1, 0.15) is 26.3 Å². The average molecular weight is 540 g/mol. The minimum Gasteiger partial charge on any atom is -0.464 e. The van der Waals surface area contributed by atoms with Crippen LogP contribution in [0.3, 0.4) is 0 Å². The Kier molecular flexibility index (Phi) is 7.86. The Morgan fingerprint density at radius 2 is 1.43 bits per heavy atom. The number of ether oxygens (including phenoxy) is 1. The number of rotatable bonds is 10. The third-order valence-corrected chi connectivity index (χ3v) is 12.2. The molecule has 7 nitrogen and oxygen atoms in total. The second-order valence-electron chi connectivity index (χ2n) is 8.96. The van der Waals surface area contributed by atoms with Gasteiger partial charge >= 0.3 is 16.2 Å². The minimum absolute atomic E-state index is 0.501. The molecular formula is C28H34NO6PSi. The molecule has 0 spiro atoms. The molecule has 5 rings (SSSR count). The third kappa shape index (κ3) is 5.02. The van der Waals surface area contributed by atoms with Crippen molar-refractivity contribution >= 4 is 21.5 Å². The highest BCUT2D eigenvalue weighted by molar-refractivity contribution is 7.68. The number of nitrogens with zero attached hydrogens (tertiary/aromatic N) is 1. The fourth-order valence-corrected chi connectivity index (χ4v) is 10.2. The molecule has 0 saturated carbocycles. The normalized spacial score (nSPS) is 20.8. The van der Waals surface area contributed by atoms with Crippen LogP contribution >= 0.6 is 7.37 Å². The summed E-state index contributed by atoms with van der Waals surface area (Å²) >= 11 is 0. The van der Waals surface area contributed by atoms with Gasteiger partial charge in [0.2, 0.25) is 5.97 Å². The average Bonchev–Trinajstić information content (AvgIpc) is 2.92. The van der Waals surface area contributed by atoms with Crippen molar-refractivity contribution in [3.63, 3.8) is 0 Å². The van der Waals surface area contributed by atoms with Crippen LogP contribution in [0.25, 0.3) is 11.1 Å². The van der Waals surface area contributed by atoms with Gasteiger partial charge in [-0.2, -0.15) is 0 Å². The summed E-state index contributed by atoms with van der Waals surface area (Å²) in [5, 5.41) is 0.672. The van der Waals surface area contributed by atoms with Crippen molar-refractivity contribution in [3.05, 3.63) is 78.4 Å². The maximum atomic E-state index is 15.0. The van der Waals surface area contributed by atoms with Crippen LogP contribution in [0.2, 0.25) is 6.04 Å². The van der Waals surface area contributed by atoms with Crippen molar-refractivity contribution in [2.75, 3.05) is 26.4 Å². The molecule has 0 saturated heterocycles. The minimum atomic E-state index is -3.55. The highest BCUT2D eigenvalue weighted by Gasteiger charge is 2.50. The maximum Gasteiger partial charge on any atom is 0.502 e. The van der Waals surface area contributed by atoms with Gasteiger partial charge < -0.3 is 22.5 Å². The van der Waals surface area contributed by atoms with E-state index in [0.717, 1.165) is 22.4 Å². The summed E-state index contributed by atoms with van der Waals surface area (Å²) in [4.78, 5) is 2.09. The van der Waals surface area contributed by atoms with E-state index in [1.54, 1.807) is 0 Å². The summed E-state index contributed by atoms with van der Waals surface area (Å²) in [6, 6.07) is 23.9. The summed E-state index contributed by atoms with van der Waals surface area (Å²) in [6.07, 6.45) is 0. The predicted octanol–water partition coefficient (Wildman–Crippen LogP) is 5.88. The first-order valence-electron chi connectivity index (χ1n) is 12.9. The topological polar surface area (TPSA) is 66.5 Å². The van der Waals surface area contributed by atoms with Crippen LogP contribution in [0, 0.1) is 0 Å². The standard InChI is InChI=1S/C28H34NO6PSi/c1-4-31-37(32-5-2,33-6-3)20-19-29-21-22-13-7-10-16-25(22)34-28(29)36(30)27-18-12-9-15-24(27)23-14-8-11-17-26(23)35-36/h7-18,28H,4-6,19-21H2,1-3H3. The number of fused-ring (bicyclic) bond motifs is 4. The van der Waals surface area contributed by atoms with Crippen molar-refractivity contribution in [1.82, 2.24) is 4.90 Å². The molecule has 0 radical (unpaired) electrons. The zero-order chi connectivity index (χ0) is 25.9. The second-order valence-corrected chi connectivity index (χ2v) is 14.0. The quantitative estimate of drug-likeness (QED) is 0.236. The highest BCUT2D eigenvalue weighted by atomic mass is 31.2. The summed E-state index contributed by atoms with van der Waals surface area (Å²) in [7, 11) is -6.49. The van der Waals surface area contributed by atoms with E-state index in [1.807, 2.05) is 93.6 Å². The van der Waals surface area contributed by atoms with Gasteiger partial charge in [0, 0.05) is 50.1 Å². The van der Waals surface area contributed by atoms with Gasteiger partial charge in [0.15, 0.2) is 0 Å². The Hall–Kier alpha value is -2.45. The largest absolute Gasteiger partial charge is 0.502 e. The molecule has 0 amide bonds. The molecule has 0 bridgehead atoms. The first-order chi connectivity index (χ1) is 18.0. The smallest absolute Gasteiger partial charge is 0.464 e. The van der Waals surface area contributed by atoms with Gasteiger partial charge in [-0.15, -0.1) is 0 Å². The van der Waals surface area contributed by atoms with Gasteiger partial charge in [-0.25, -0.2) is 0 Å². The van der Waals surface area contributed by atoms with E-state index in [1.165, 1.54) is 0 Å². The molecule has 37 heavy (non-hydrogen) atoms. The van der Waals surface area contributed by atoms with E-state index in [9.17, 15) is 0 Å². The van der Waals surface area contributed by atoms with E-state index >= 15 is 4.57 Å². The number of hydrogen-bond acceptors (Lipinski definition) is 7. The van der Waals surface area contributed by atoms with Crippen molar-refractivity contribution in [1.29, 1.82) is 0 Å². The Labute approximate surface area is 220 Å². The Bertz CT molecular complexity index is 1270. The van der Waals surface area contributed by atoms with Gasteiger partial charge in [0.1, 0.15) is 11.5 Å². The third-order valence-electron chi connectivity index (χ3n) is 6.63. The van der Waals surface area contributed by atoms with E-state index in [2.05, 4.69) is 4.90 Å². The molecule has 0 N–H and O–H groups in total. The summed E-state index contributed by atoms with van der Waals surface area (Å²) in [6.45, 7) is 8.43. The molecule has 2 aliphatic rings. The summed E-state index contributed by atoms with van der Waals surface area (Å²) < 4.78 is 46.3. The van der Waals surface area contributed by atoms with Gasteiger partial charge in [-0.05, 0) is 44.5 Å². The summed E-state index contributed by atoms with van der Waals surface area (Å²) in [5.74, 6) is 0.518. The van der Waals surface area contributed by atoms with Gasteiger partial charge in [0.25, 0.3) is 0 Å². The molecule has 9 heteroatoms. The maximum absolute atomic E-state index is 15.0. The van der Waals surface area contributed by atoms with Crippen LogP contribution in [-0.4, -0.2) is 46.0 Å². The predicted molar refractivity (Wildman–Crippen MR) is 146 cm³/mol. The van der Waals surface area contributed by atoms with Crippen molar-refractivity contribution < 1.29 is 27.1 Å². The summed E-state index contributed by atoms with van der Waals surface area (Å²) in [5.41, 5.74) is 2.88. The van der Waals surface area contributed by atoms with Crippen LogP contribution in [0.4, 0.5) is 0 Å². The van der Waals surface area contributed by atoms with Crippen molar-refractivity contribution in [2.45, 2.75) is 39.3 Å². The molecule has 3 aromatic carbocycles. The molecule has 2 heterocycles. The SMILES string of the molecule is CCO[Si](CCN1Cc2ccccc2OC1P1(=O)Oc2ccccc2-c2ccccc21)(OCC)OCC. The fourth-order valence-electron chi connectivity index (χ4n) is 5.09. The van der Waals surface area contributed by atoms with Crippen molar-refractivity contribution in [3.8, 4) is 22.6 Å². The van der Waals surface area contributed by atoms with E-state index in [-0.39, 0.29) is 0 Å². The van der Waals surface area contributed by atoms with E-state index in [4.69, 9.17) is 22.5 Å². The van der Waals surface area contributed by atoms with Crippen LogP contribution in [0.5, 0.6) is 11.5 Å². The van der Waals surface area contributed by atoms with Crippen LogP contribution < -0.4 is 14.6 Å². The lowest BCUT2D eigenvalue weighted by atomic mass is 10.0. The number of hydrogen-bond donors (Lipinski definition) is 0. The first kappa shape index (κ1) is 26.2. The lowest BCUT2D eigenvalue weighted by molar-refractivity contribution is 0.0391. The second kappa shape index (κ2) is 11.1. The number of para-hydroxylation sites is 2. The lowest BCUT2D eigenvalue weighted by Crippen LogP contribution is -2.51. The van der Waals surface area contributed by atoms with Crippen LogP contribution in [0.15, 0.2) is 72.8 Å². The monoisotopic (exact) mass is 539 g/mol. The molecule has 0 fully saturated rings. The van der Waals surface area contributed by atoms with Gasteiger partial charge in [-0.3, -0.25) is 9.46 Å². The van der Waals surface area contributed by atoms with Crippen molar-refractivity contribution in [2.24, 2.45) is 0 Å².